The van der Waals surface area contributed by atoms with Crippen molar-refractivity contribution in [2.75, 3.05) is 16.8 Å². The molecule has 1 aromatic carbocycles. The van der Waals surface area contributed by atoms with Gasteiger partial charge in [-0.1, -0.05) is 25.1 Å². The van der Waals surface area contributed by atoms with E-state index in [9.17, 15) is 0 Å². The fourth-order valence-electron chi connectivity index (χ4n) is 2.99. The minimum Gasteiger partial charge on any atom is -0.370 e. The lowest BCUT2D eigenvalue weighted by Gasteiger charge is -2.26. The molecule has 110 valence electrons. The first kappa shape index (κ1) is 13.9. The molecule has 0 spiro atoms. The Balaban J connectivity index is 2.01. The Morgan fingerprint density at radius 2 is 2.10 bits per heavy atom. The number of anilines is 3. The number of fused-ring (bicyclic) bond motifs is 1. The molecule has 0 saturated carbocycles. The summed E-state index contributed by atoms with van der Waals surface area (Å²) in [5.41, 5.74) is 3.79. The Labute approximate surface area is 126 Å². The summed E-state index contributed by atoms with van der Waals surface area (Å²) in [5.74, 6) is 1.96. The Morgan fingerprint density at radius 1 is 1.29 bits per heavy atom. The minimum atomic E-state index is 0.426. The van der Waals surface area contributed by atoms with Crippen LogP contribution in [-0.4, -0.2) is 22.6 Å². The zero-order chi connectivity index (χ0) is 14.8. The summed E-state index contributed by atoms with van der Waals surface area (Å²) >= 11 is 0. The van der Waals surface area contributed by atoms with E-state index in [4.69, 9.17) is 0 Å². The van der Waals surface area contributed by atoms with E-state index in [1.807, 2.05) is 0 Å². The van der Waals surface area contributed by atoms with E-state index in [0.717, 1.165) is 36.6 Å². The maximum absolute atomic E-state index is 4.55. The van der Waals surface area contributed by atoms with Gasteiger partial charge in [-0.25, -0.2) is 9.97 Å². The van der Waals surface area contributed by atoms with Gasteiger partial charge in [-0.15, -0.1) is 0 Å². The van der Waals surface area contributed by atoms with Gasteiger partial charge in [-0.2, -0.15) is 0 Å². The first-order chi connectivity index (χ1) is 10.2. The van der Waals surface area contributed by atoms with Crippen LogP contribution in [-0.2, 0) is 6.42 Å². The zero-order valence-electron chi connectivity index (χ0n) is 12.9. The number of aromatic nitrogens is 2. The molecule has 0 fully saturated rings. The minimum absolute atomic E-state index is 0.426. The van der Waals surface area contributed by atoms with E-state index >= 15 is 0 Å². The molecular weight excluding hydrogens is 260 g/mol. The van der Waals surface area contributed by atoms with Crippen molar-refractivity contribution in [3.63, 3.8) is 0 Å². The van der Waals surface area contributed by atoms with Crippen LogP contribution in [0.4, 0.5) is 17.3 Å². The van der Waals surface area contributed by atoms with Gasteiger partial charge >= 0.3 is 0 Å². The normalized spacial score (nSPS) is 16.9. The highest BCUT2D eigenvalue weighted by molar-refractivity contribution is 5.72. The van der Waals surface area contributed by atoms with Crippen molar-refractivity contribution >= 4 is 17.3 Å². The first-order valence-electron chi connectivity index (χ1n) is 7.65. The van der Waals surface area contributed by atoms with Crippen LogP contribution in [0.5, 0.6) is 0 Å². The molecule has 0 bridgehead atoms. The van der Waals surface area contributed by atoms with Crippen LogP contribution in [0.25, 0.3) is 0 Å². The third-order valence-corrected chi connectivity index (χ3v) is 4.04. The molecule has 0 saturated heterocycles. The molecule has 0 aliphatic carbocycles. The Hall–Kier alpha value is -2.10. The molecule has 4 heteroatoms. The summed E-state index contributed by atoms with van der Waals surface area (Å²) < 4.78 is 0. The standard InChI is InChI=1S/C17H22N4/c1-4-9-18-16-13(3)17(20-11-19-16)21-12(2)10-14-7-5-6-8-15(14)21/h5-8,11-12H,4,9-10H2,1-3H3,(H,18,19,20). The van der Waals surface area contributed by atoms with Crippen molar-refractivity contribution in [2.45, 2.75) is 39.7 Å². The lowest BCUT2D eigenvalue weighted by atomic mass is 10.1. The quantitative estimate of drug-likeness (QED) is 0.928. The van der Waals surface area contributed by atoms with E-state index < -0.39 is 0 Å². The topological polar surface area (TPSA) is 41.1 Å². The second-order valence-electron chi connectivity index (χ2n) is 5.65. The molecule has 1 aliphatic rings. The second-order valence-corrected chi connectivity index (χ2v) is 5.65. The van der Waals surface area contributed by atoms with Crippen LogP contribution in [0.1, 0.15) is 31.4 Å². The highest BCUT2D eigenvalue weighted by atomic mass is 15.2. The number of para-hydroxylation sites is 1. The van der Waals surface area contributed by atoms with E-state index in [0.29, 0.717) is 6.04 Å². The molecular formula is C17H22N4. The number of nitrogens with zero attached hydrogens (tertiary/aromatic N) is 3. The molecule has 1 aromatic heterocycles. The molecule has 2 aromatic rings. The Morgan fingerprint density at radius 3 is 2.90 bits per heavy atom. The van der Waals surface area contributed by atoms with Crippen molar-refractivity contribution in [2.24, 2.45) is 0 Å². The first-order valence-corrected chi connectivity index (χ1v) is 7.65. The van der Waals surface area contributed by atoms with Crippen molar-refractivity contribution in [3.05, 3.63) is 41.7 Å². The molecule has 21 heavy (non-hydrogen) atoms. The molecule has 2 heterocycles. The smallest absolute Gasteiger partial charge is 0.141 e. The lowest BCUT2D eigenvalue weighted by Crippen LogP contribution is -2.26. The molecule has 3 rings (SSSR count). The highest BCUT2D eigenvalue weighted by Gasteiger charge is 2.29. The van der Waals surface area contributed by atoms with E-state index in [1.54, 1.807) is 6.33 Å². The van der Waals surface area contributed by atoms with Crippen LogP contribution in [0, 0.1) is 6.92 Å². The summed E-state index contributed by atoms with van der Waals surface area (Å²) in [5, 5.41) is 3.39. The van der Waals surface area contributed by atoms with Gasteiger partial charge < -0.3 is 10.2 Å². The molecule has 0 radical (unpaired) electrons. The number of nitrogens with one attached hydrogen (secondary N) is 1. The van der Waals surface area contributed by atoms with Crippen LogP contribution in [0.3, 0.4) is 0 Å². The lowest BCUT2D eigenvalue weighted by molar-refractivity contribution is 0.746. The van der Waals surface area contributed by atoms with Crippen molar-refractivity contribution in [3.8, 4) is 0 Å². The third kappa shape index (κ3) is 2.46. The van der Waals surface area contributed by atoms with Gasteiger partial charge in [0.25, 0.3) is 0 Å². The molecule has 1 atom stereocenters. The van der Waals surface area contributed by atoms with Crippen LogP contribution in [0.15, 0.2) is 30.6 Å². The van der Waals surface area contributed by atoms with Crippen LogP contribution < -0.4 is 10.2 Å². The predicted molar refractivity (Wildman–Crippen MR) is 87.3 cm³/mol. The zero-order valence-corrected chi connectivity index (χ0v) is 12.9. The predicted octanol–water partition coefficient (Wildman–Crippen LogP) is 3.69. The molecule has 1 N–H and O–H groups in total. The van der Waals surface area contributed by atoms with Gasteiger partial charge in [0.15, 0.2) is 0 Å². The SMILES string of the molecule is CCCNc1ncnc(N2c3ccccc3CC2C)c1C. The average molecular weight is 282 g/mol. The van der Waals surface area contributed by atoms with Crippen molar-refractivity contribution < 1.29 is 0 Å². The van der Waals surface area contributed by atoms with Gasteiger partial charge in [0.05, 0.1) is 0 Å². The summed E-state index contributed by atoms with van der Waals surface area (Å²) in [7, 11) is 0. The Bertz CT molecular complexity index is 638. The summed E-state index contributed by atoms with van der Waals surface area (Å²) in [6.45, 7) is 7.44. The van der Waals surface area contributed by atoms with Gasteiger partial charge in [-0.3, -0.25) is 0 Å². The van der Waals surface area contributed by atoms with E-state index in [1.165, 1.54) is 11.3 Å². The Kier molecular flexibility index (Phi) is 3.78. The van der Waals surface area contributed by atoms with Gasteiger partial charge in [-0.05, 0) is 38.3 Å². The number of rotatable bonds is 4. The summed E-state index contributed by atoms with van der Waals surface area (Å²) in [6, 6.07) is 9.01. The average Bonchev–Trinajstić information content (AvgIpc) is 2.82. The number of benzene rings is 1. The fourth-order valence-corrected chi connectivity index (χ4v) is 2.99. The number of hydrogen-bond donors (Lipinski definition) is 1. The molecule has 0 amide bonds. The number of hydrogen-bond acceptors (Lipinski definition) is 4. The largest absolute Gasteiger partial charge is 0.370 e. The van der Waals surface area contributed by atoms with Crippen molar-refractivity contribution in [1.29, 1.82) is 0 Å². The molecule has 1 unspecified atom stereocenters. The van der Waals surface area contributed by atoms with Crippen molar-refractivity contribution in [1.82, 2.24) is 9.97 Å². The highest BCUT2D eigenvalue weighted by Crippen LogP contribution is 2.39. The molecule has 4 nitrogen and oxygen atoms in total. The second kappa shape index (κ2) is 5.72. The van der Waals surface area contributed by atoms with Crippen LogP contribution >= 0.6 is 0 Å². The monoisotopic (exact) mass is 282 g/mol. The van der Waals surface area contributed by atoms with Crippen LogP contribution in [0.2, 0.25) is 0 Å². The van der Waals surface area contributed by atoms with Gasteiger partial charge in [0.2, 0.25) is 0 Å². The third-order valence-electron chi connectivity index (χ3n) is 4.04. The summed E-state index contributed by atoms with van der Waals surface area (Å²) in [4.78, 5) is 11.3. The van der Waals surface area contributed by atoms with Gasteiger partial charge in [0.1, 0.15) is 18.0 Å². The van der Waals surface area contributed by atoms with E-state index in [-0.39, 0.29) is 0 Å². The maximum Gasteiger partial charge on any atom is 0.141 e. The fraction of sp³-hybridized carbons (Fsp3) is 0.412. The molecule has 1 aliphatic heterocycles. The van der Waals surface area contributed by atoms with Gasteiger partial charge in [0, 0.05) is 23.8 Å². The summed E-state index contributed by atoms with van der Waals surface area (Å²) in [6.07, 6.45) is 3.81. The maximum atomic E-state index is 4.55. The van der Waals surface area contributed by atoms with E-state index in [2.05, 4.69) is 65.2 Å².